The van der Waals surface area contributed by atoms with Gasteiger partial charge in [-0.3, -0.25) is 14.4 Å². The Labute approximate surface area is 154 Å². The van der Waals surface area contributed by atoms with Gasteiger partial charge in [0.2, 0.25) is 16.8 Å². The summed E-state index contributed by atoms with van der Waals surface area (Å²) in [5.74, 6) is -0.687. The number of nitrogens with zero attached hydrogens (tertiary/aromatic N) is 2. The van der Waals surface area contributed by atoms with Crippen LogP contribution in [0.1, 0.15) is 35.1 Å². The monoisotopic (exact) mass is 377 g/mol. The summed E-state index contributed by atoms with van der Waals surface area (Å²) in [6.45, 7) is 3.26. The zero-order valence-corrected chi connectivity index (χ0v) is 15.5. The van der Waals surface area contributed by atoms with E-state index in [-0.39, 0.29) is 24.5 Å². The smallest absolute Gasteiger partial charge is 0.307 e. The molecule has 8 nitrogen and oxygen atoms in total. The minimum Gasteiger partial charge on any atom is -0.497 e. The number of amides is 1. The molecule has 26 heavy (non-hydrogen) atoms. The number of methoxy groups -OCH3 is 1. The maximum Gasteiger partial charge on any atom is 0.307 e. The number of rotatable bonds is 8. The molecule has 1 aromatic heterocycles. The average Bonchev–Trinajstić information content (AvgIpc) is 3.04. The Morgan fingerprint density at radius 1 is 1.15 bits per heavy atom. The predicted molar refractivity (Wildman–Crippen MR) is 95.4 cm³/mol. The lowest BCUT2D eigenvalue weighted by molar-refractivity contribution is -0.147. The Kier molecular flexibility index (Phi) is 6.79. The molecule has 1 amide bonds. The molecule has 0 aliphatic rings. The normalized spacial score (nSPS) is 11.5. The van der Waals surface area contributed by atoms with Crippen LogP contribution in [0, 0.1) is 6.92 Å². The Bertz CT molecular complexity index is 788. The standard InChI is InChI=1S/C17H19N3O5S/c1-10(16(23)12-4-6-13(24-3)7-5-12)25-15(22)9-8-14(21)18-17-20-19-11(2)26-17/h4-7,10H,8-9H2,1-3H3,(H,18,20,21)/t10-/m0/s1. The number of hydrogen-bond acceptors (Lipinski definition) is 8. The summed E-state index contributed by atoms with van der Waals surface area (Å²) in [7, 11) is 1.53. The third-order valence-corrected chi connectivity index (χ3v) is 4.13. The van der Waals surface area contributed by atoms with Gasteiger partial charge in [0.15, 0.2) is 6.10 Å². The van der Waals surface area contributed by atoms with Gasteiger partial charge in [-0.1, -0.05) is 11.3 Å². The van der Waals surface area contributed by atoms with Gasteiger partial charge in [0.25, 0.3) is 0 Å². The number of esters is 1. The van der Waals surface area contributed by atoms with Crippen molar-refractivity contribution in [3.63, 3.8) is 0 Å². The van der Waals surface area contributed by atoms with E-state index in [1.54, 1.807) is 31.2 Å². The van der Waals surface area contributed by atoms with Crippen molar-refractivity contribution in [3.8, 4) is 5.75 Å². The third kappa shape index (κ3) is 5.62. The molecule has 0 radical (unpaired) electrons. The molecule has 1 atom stereocenters. The van der Waals surface area contributed by atoms with E-state index >= 15 is 0 Å². The second-order valence-electron chi connectivity index (χ2n) is 5.40. The Morgan fingerprint density at radius 3 is 2.42 bits per heavy atom. The Morgan fingerprint density at radius 2 is 1.85 bits per heavy atom. The van der Waals surface area contributed by atoms with Gasteiger partial charge in [0.05, 0.1) is 13.5 Å². The summed E-state index contributed by atoms with van der Waals surface area (Å²) < 4.78 is 10.1. The fourth-order valence-electron chi connectivity index (χ4n) is 2.04. The molecular weight excluding hydrogens is 358 g/mol. The summed E-state index contributed by atoms with van der Waals surface area (Å²) in [5, 5.41) is 11.2. The number of Topliss-reactive ketones (excluding diaryl/α,β-unsaturated/α-hetero) is 1. The van der Waals surface area contributed by atoms with E-state index in [4.69, 9.17) is 9.47 Å². The lowest BCUT2D eigenvalue weighted by Crippen LogP contribution is -2.25. The number of nitrogens with one attached hydrogen (secondary N) is 1. The number of ketones is 1. The van der Waals surface area contributed by atoms with Crippen molar-refractivity contribution in [2.24, 2.45) is 0 Å². The van der Waals surface area contributed by atoms with Gasteiger partial charge in [-0.25, -0.2) is 0 Å². The minimum absolute atomic E-state index is 0.0685. The van der Waals surface area contributed by atoms with Gasteiger partial charge in [0.1, 0.15) is 10.8 Å². The van der Waals surface area contributed by atoms with Crippen LogP contribution in [0.3, 0.4) is 0 Å². The van der Waals surface area contributed by atoms with E-state index in [9.17, 15) is 14.4 Å². The fourth-order valence-corrected chi connectivity index (χ4v) is 2.65. The molecule has 0 saturated carbocycles. The maximum absolute atomic E-state index is 12.3. The van der Waals surface area contributed by atoms with Crippen LogP contribution in [0.25, 0.3) is 0 Å². The van der Waals surface area contributed by atoms with Crippen LogP contribution in [0.5, 0.6) is 5.75 Å². The van der Waals surface area contributed by atoms with Gasteiger partial charge in [-0.05, 0) is 38.1 Å². The molecule has 0 aliphatic carbocycles. The number of hydrogen-bond donors (Lipinski definition) is 1. The minimum atomic E-state index is -0.940. The van der Waals surface area contributed by atoms with Crippen molar-refractivity contribution < 1.29 is 23.9 Å². The highest BCUT2D eigenvalue weighted by molar-refractivity contribution is 7.15. The number of carbonyl (C=O) groups is 3. The highest BCUT2D eigenvalue weighted by atomic mass is 32.1. The van der Waals surface area contributed by atoms with E-state index in [1.165, 1.54) is 25.4 Å². The van der Waals surface area contributed by atoms with Crippen molar-refractivity contribution in [1.82, 2.24) is 10.2 Å². The highest BCUT2D eigenvalue weighted by Gasteiger charge is 2.20. The molecule has 0 aliphatic heterocycles. The summed E-state index contributed by atoms with van der Waals surface area (Å²) in [5.41, 5.74) is 0.412. The first-order chi connectivity index (χ1) is 12.4. The van der Waals surface area contributed by atoms with Crippen LogP contribution in [0.2, 0.25) is 0 Å². The third-order valence-electron chi connectivity index (χ3n) is 3.38. The van der Waals surface area contributed by atoms with Crippen molar-refractivity contribution in [3.05, 3.63) is 34.8 Å². The van der Waals surface area contributed by atoms with E-state index in [0.717, 1.165) is 5.01 Å². The molecule has 2 rings (SSSR count). The molecule has 0 fully saturated rings. The van der Waals surface area contributed by atoms with Crippen LogP contribution in [0.4, 0.5) is 5.13 Å². The number of aryl methyl sites for hydroxylation is 1. The number of benzene rings is 1. The van der Waals surface area contributed by atoms with Crippen molar-refractivity contribution in [2.75, 3.05) is 12.4 Å². The zero-order valence-electron chi connectivity index (χ0n) is 14.6. The lowest BCUT2D eigenvalue weighted by atomic mass is 10.1. The highest BCUT2D eigenvalue weighted by Crippen LogP contribution is 2.15. The lowest BCUT2D eigenvalue weighted by Gasteiger charge is -2.12. The van der Waals surface area contributed by atoms with Gasteiger partial charge in [0, 0.05) is 12.0 Å². The second-order valence-corrected chi connectivity index (χ2v) is 6.58. The first kappa shape index (κ1) is 19.5. The summed E-state index contributed by atoms with van der Waals surface area (Å²) in [6, 6.07) is 6.51. The molecule has 2 aromatic rings. The number of aromatic nitrogens is 2. The zero-order chi connectivity index (χ0) is 19.1. The van der Waals surface area contributed by atoms with Gasteiger partial charge in [-0.2, -0.15) is 0 Å². The molecule has 0 spiro atoms. The van der Waals surface area contributed by atoms with E-state index < -0.39 is 12.1 Å². The molecule has 1 heterocycles. The van der Waals surface area contributed by atoms with Gasteiger partial charge in [-0.15, -0.1) is 10.2 Å². The molecule has 9 heteroatoms. The van der Waals surface area contributed by atoms with Gasteiger partial charge >= 0.3 is 5.97 Å². The van der Waals surface area contributed by atoms with Crippen LogP contribution in [-0.2, 0) is 14.3 Å². The van der Waals surface area contributed by atoms with Crippen LogP contribution in [0.15, 0.2) is 24.3 Å². The molecule has 138 valence electrons. The van der Waals surface area contributed by atoms with Crippen LogP contribution in [-0.4, -0.2) is 41.1 Å². The number of carbonyl (C=O) groups excluding carboxylic acids is 3. The van der Waals surface area contributed by atoms with Gasteiger partial charge < -0.3 is 14.8 Å². The predicted octanol–water partition coefficient (Wildman–Crippen LogP) is 2.39. The summed E-state index contributed by atoms with van der Waals surface area (Å²) >= 11 is 1.24. The van der Waals surface area contributed by atoms with E-state index in [1.807, 2.05) is 0 Å². The van der Waals surface area contributed by atoms with Crippen LogP contribution < -0.4 is 10.1 Å². The van der Waals surface area contributed by atoms with Crippen molar-refractivity contribution in [2.45, 2.75) is 32.8 Å². The Balaban J connectivity index is 1.78. The molecule has 1 N–H and O–H groups in total. The maximum atomic E-state index is 12.3. The topological polar surface area (TPSA) is 107 Å². The molecule has 1 aromatic carbocycles. The molecule has 0 bridgehead atoms. The number of ether oxygens (including phenoxy) is 2. The summed E-state index contributed by atoms with van der Waals surface area (Å²) in [4.78, 5) is 35.9. The molecule has 0 saturated heterocycles. The van der Waals surface area contributed by atoms with E-state index in [0.29, 0.717) is 16.4 Å². The van der Waals surface area contributed by atoms with E-state index in [2.05, 4.69) is 15.5 Å². The first-order valence-electron chi connectivity index (χ1n) is 7.86. The quantitative estimate of drug-likeness (QED) is 0.556. The molecule has 0 unspecified atom stereocenters. The first-order valence-corrected chi connectivity index (χ1v) is 8.68. The fraction of sp³-hybridized carbons (Fsp3) is 0.353. The number of anilines is 1. The SMILES string of the molecule is COc1ccc(C(=O)[C@H](C)OC(=O)CCC(=O)Nc2nnc(C)s2)cc1. The largest absolute Gasteiger partial charge is 0.497 e. The average molecular weight is 377 g/mol. The molecular formula is C17H19N3O5S. The van der Waals surface area contributed by atoms with Crippen LogP contribution >= 0.6 is 11.3 Å². The van der Waals surface area contributed by atoms with Crippen molar-refractivity contribution in [1.29, 1.82) is 0 Å². The Hall–Kier alpha value is -2.81. The van der Waals surface area contributed by atoms with Crippen molar-refractivity contribution >= 4 is 34.1 Å². The second kappa shape index (κ2) is 9.04. The summed E-state index contributed by atoms with van der Waals surface area (Å²) in [6.07, 6.45) is -1.14.